The van der Waals surface area contributed by atoms with E-state index in [1.807, 2.05) is 0 Å². The van der Waals surface area contributed by atoms with Gasteiger partial charge in [0.1, 0.15) is 4.32 Å². The zero-order valence-electron chi connectivity index (χ0n) is 12.2. The third-order valence-electron chi connectivity index (χ3n) is 3.24. The standard InChI is InChI=1S/C15H16N2O3S2/c1-2-3-4-8-16-14(18)13(22-15(16)21)10-11-6-5-7-12(9-11)17(19)20/h5-7,9-10H,2-4,8H2,1H3. The molecule has 0 atom stereocenters. The number of hydrogen-bond acceptors (Lipinski definition) is 5. The summed E-state index contributed by atoms with van der Waals surface area (Å²) in [5, 5.41) is 10.8. The van der Waals surface area contributed by atoms with Crippen LogP contribution in [0.3, 0.4) is 0 Å². The summed E-state index contributed by atoms with van der Waals surface area (Å²) >= 11 is 6.49. The van der Waals surface area contributed by atoms with Crippen LogP contribution in [-0.4, -0.2) is 26.6 Å². The number of thiocarbonyl (C=S) groups is 1. The van der Waals surface area contributed by atoms with E-state index in [-0.39, 0.29) is 11.6 Å². The van der Waals surface area contributed by atoms with Crippen molar-refractivity contribution >= 4 is 46.0 Å². The molecule has 1 heterocycles. The van der Waals surface area contributed by atoms with E-state index in [9.17, 15) is 14.9 Å². The Morgan fingerprint density at radius 1 is 1.41 bits per heavy atom. The van der Waals surface area contributed by atoms with Gasteiger partial charge in [-0.1, -0.05) is 55.9 Å². The number of carbonyl (C=O) groups excluding carboxylic acids is 1. The van der Waals surface area contributed by atoms with Crippen molar-refractivity contribution in [2.75, 3.05) is 6.54 Å². The van der Waals surface area contributed by atoms with Crippen LogP contribution < -0.4 is 0 Å². The number of nitro benzene ring substituents is 1. The number of carbonyl (C=O) groups is 1. The van der Waals surface area contributed by atoms with Crippen molar-refractivity contribution in [3.05, 3.63) is 44.8 Å². The molecule has 5 nitrogen and oxygen atoms in total. The van der Waals surface area contributed by atoms with Crippen LogP contribution in [0.1, 0.15) is 31.7 Å². The second kappa shape index (κ2) is 7.51. The van der Waals surface area contributed by atoms with Crippen molar-refractivity contribution in [2.24, 2.45) is 0 Å². The lowest BCUT2D eigenvalue weighted by molar-refractivity contribution is -0.384. The summed E-state index contributed by atoms with van der Waals surface area (Å²) in [6.45, 7) is 2.73. The minimum absolute atomic E-state index is 0.00664. The largest absolute Gasteiger partial charge is 0.293 e. The zero-order chi connectivity index (χ0) is 16.1. The van der Waals surface area contributed by atoms with Gasteiger partial charge in [0.05, 0.1) is 9.83 Å². The lowest BCUT2D eigenvalue weighted by Gasteiger charge is -2.13. The van der Waals surface area contributed by atoms with Crippen LogP contribution in [0.15, 0.2) is 29.2 Å². The Morgan fingerprint density at radius 2 is 2.18 bits per heavy atom. The monoisotopic (exact) mass is 336 g/mol. The van der Waals surface area contributed by atoms with Crippen LogP contribution in [0.2, 0.25) is 0 Å². The normalized spacial score (nSPS) is 16.6. The Balaban J connectivity index is 2.15. The van der Waals surface area contributed by atoms with E-state index >= 15 is 0 Å². The van der Waals surface area contributed by atoms with E-state index in [1.54, 1.807) is 23.1 Å². The van der Waals surface area contributed by atoms with Gasteiger partial charge in [-0.05, 0) is 18.1 Å². The maximum absolute atomic E-state index is 12.3. The number of benzene rings is 1. The van der Waals surface area contributed by atoms with E-state index in [1.165, 1.54) is 23.9 Å². The highest BCUT2D eigenvalue weighted by molar-refractivity contribution is 8.26. The fourth-order valence-electron chi connectivity index (χ4n) is 2.09. The Bertz CT molecular complexity index is 643. The van der Waals surface area contributed by atoms with Crippen LogP contribution in [0.25, 0.3) is 6.08 Å². The molecule has 1 aromatic rings. The molecule has 116 valence electrons. The molecule has 0 aromatic heterocycles. The average Bonchev–Trinajstić information content (AvgIpc) is 2.75. The zero-order valence-corrected chi connectivity index (χ0v) is 13.8. The summed E-state index contributed by atoms with van der Waals surface area (Å²) < 4.78 is 0.554. The Labute approximate surface area is 138 Å². The highest BCUT2D eigenvalue weighted by atomic mass is 32.2. The van der Waals surface area contributed by atoms with Gasteiger partial charge >= 0.3 is 0 Å². The molecule has 0 spiro atoms. The number of amides is 1. The number of hydrogen-bond donors (Lipinski definition) is 0. The van der Waals surface area contributed by atoms with Crippen molar-refractivity contribution in [1.29, 1.82) is 0 Å². The topological polar surface area (TPSA) is 63.5 Å². The summed E-state index contributed by atoms with van der Waals surface area (Å²) in [7, 11) is 0. The lowest BCUT2D eigenvalue weighted by atomic mass is 10.2. The molecule has 1 amide bonds. The number of unbranched alkanes of at least 4 members (excludes halogenated alkanes) is 2. The highest BCUT2D eigenvalue weighted by Gasteiger charge is 2.31. The van der Waals surface area contributed by atoms with Gasteiger partial charge in [-0.25, -0.2) is 0 Å². The second-order valence-electron chi connectivity index (χ2n) is 4.89. The number of non-ortho nitro benzene ring substituents is 1. The molecule has 1 aromatic carbocycles. The van der Waals surface area contributed by atoms with Crippen molar-refractivity contribution in [3.63, 3.8) is 0 Å². The van der Waals surface area contributed by atoms with Crippen molar-refractivity contribution in [3.8, 4) is 0 Å². The summed E-state index contributed by atoms with van der Waals surface area (Å²) in [6, 6.07) is 6.21. The molecule has 1 saturated heterocycles. The summed E-state index contributed by atoms with van der Waals surface area (Å²) in [5.74, 6) is -0.113. The van der Waals surface area contributed by atoms with Gasteiger partial charge in [0.25, 0.3) is 11.6 Å². The van der Waals surface area contributed by atoms with Gasteiger partial charge in [-0.15, -0.1) is 0 Å². The van der Waals surface area contributed by atoms with Gasteiger partial charge in [0.2, 0.25) is 0 Å². The molecule has 0 bridgehead atoms. The molecular formula is C15H16N2O3S2. The van der Waals surface area contributed by atoms with Crippen LogP contribution in [-0.2, 0) is 4.79 Å². The Morgan fingerprint density at radius 3 is 2.86 bits per heavy atom. The number of thioether (sulfide) groups is 1. The molecule has 1 fully saturated rings. The fraction of sp³-hybridized carbons (Fsp3) is 0.333. The Hall–Kier alpha value is -1.73. The maximum Gasteiger partial charge on any atom is 0.270 e. The van der Waals surface area contributed by atoms with E-state index in [0.717, 1.165) is 19.3 Å². The second-order valence-corrected chi connectivity index (χ2v) is 6.57. The van der Waals surface area contributed by atoms with Crippen molar-refractivity contribution in [2.45, 2.75) is 26.2 Å². The minimum Gasteiger partial charge on any atom is -0.293 e. The molecule has 1 aliphatic rings. The van der Waals surface area contributed by atoms with Crippen LogP contribution >= 0.6 is 24.0 Å². The number of rotatable bonds is 6. The van der Waals surface area contributed by atoms with Crippen LogP contribution in [0.4, 0.5) is 5.69 Å². The first-order valence-electron chi connectivity index (χ1n) is 7.02. The molecule has 22 heavy (non-hydrogen) atoms. The quantitative estimate of drug-likeness (QED) is 0.258. The molecule has 0 radical (unpaired) electrons. The third kappa shape index (κ3) is 3.92. The van der Waals surface area contributed by atoms with Crippen LogP contribution in [0.5, 0.6) is 0 Å². The Kier molecular flexibility index (Phi) is 5.68. The van der Waals surface area contributed by atoms with Crippen molar-refractivity contribution in [1.82, 2.24) is 4.90 Å². The average molecular weight is 336 g/mol. The number of nitrogens with zero attached hydrogens (tertiary/aromatic N) is 2. The highest BCUT2D eigenvalue weighted by Crippen LogP contribution is 2.33. The molecule has 0 N–H and O–H groups in total. The summed E-state index contributed by atoms with van der Waals surface area (Å²) in [6.07, 6.45) is 4.72. The molecule has 1 aliphatic heterocycles. The first-order valence-corrected chi connectivity index (χ1v) is 8.25. The van der Waals surface area contributed by atoms with E-state index in [0.29, 0.717) is 21.3 Å². The molecule has 2 rings (SSSR count). The first-order chi connectivity index (χ1) is 10.5. The van der Waals surface area contributed by atoms with Crippen LogP contribution in [0, 0.1) is 10.1 Å². The predicted molar refractivity (Wildman–Crippen MR) is 92.5 cm³/mol. The SMILES string of the molecule is CCCCCN1C(=O)C(=Cc2cccc([N+](=O)[O-])c2)SC1=S. The maximum atomic E-state index is 12.3. The molecular weight excluding hydrogens is 320 g/mol. The van der Waals surface area contributed by atoms with E-state index < -0.39 is 4.92 Å². The molecule has 0 saturated carbocycles. The fourth-order valence-corrected chi connectivity index (χ4v) is 3.40. The van der Waals surface area contributed by atoms with Gasteiger partial charge < -0.3 is 0 Å². The molecule has 0 aliphatic carbocycles. The summed E-state index contributed by atoms with van der Waals surface area (Å²) in [4.78, 5) is 24.8. The molecule has 0 unspecified atom stereocenters. The number of nitro groups is 1. The van der Waals surface area contributed by atoms with Gasteiger partial charge in [0.15, 0.2) is 0 Å². The van der Waals surface area contributed by atoms with Crippen molar-refractivity contribution < 1.29 is 9.72 Å². The molecule has 7 heteroatoms. The predicted octanol–water partition coefficient (Wildman–Crippen LogP) is 3.99. The van der Waals surface area contributed by atoms with Gasteiger partial charge in [-0.2, -0.15) is 0 Å². The smallest absolute Gasteiger partial charge is 0.270 e. The first kappa shape index (κ1) is 16.6. The lowest BCUT2D eigenvalue weighted by Crippen LogP contribution is -2.28. The third-order valence-corrected chi connectivity index (χ3v) is 4.62. The minimum atomic E-state index is -0.451. The summed E-state index contributed by atoms with van der Waals surface area (Å²) in [5.41, 5.74) is 0.635. The van der Waals surface area contributed by atoms with E-state index in [4.69, 9.17) is 12.2 Å². The van der Waals surface area contributed by atoms with Gasteiger partial charge in [-0.3, -0.25) is 19.8 Å². The van der Waals surface area contributed by atoms with Gasteiger partial charge in [0, 0.05) is 18.7 Å². The van der Waals surface area contributed by atoms with E-state index in [2.05, 4.69) is 6.92 Å².